The summed E-state index contributed by atoms with van der Waals surface area (Å²) in [5, 5.41) is 0. The molecular formula is C9H8F4S. The number of hydrogen-bond donors (Lipinski definition) is 1. The van der Waals surface area contributed by atoms with Crippen LogP contribution in [-0.4, -0.2) is 0 Å². The maximum atomic E-state index is 13.1. The average Bonchev–Trinajstić information content (AvgIpc) is 2.11. The minimum atomic E-state index is -1.45. The highest BCUT2D eigenvalue weighted by molar-refractivity contribution is 7.80. The Hall–Kier alpha value is -0.710. The van der Waals surface area contributed by atoms with Crippen LogP contribution in [0.5, 0.6) is 0 Å². The molecule has 0 saturated heterocycles. The van der Waals surface area contributed by atoms with E-state index in [9.17, 15) is 17.6 Å². The monoisotopic (exact) mass is 224 g/mol. The van der Waals surface area contributed by atoms with E-state index < -0.39 is 39.6 Å². The predicted octanol–water partition coefficient (Wildman–Crippen LogP) is 3.66. The summed E-state index contributed by atoms with van der Waals surface area (Å²) in [5.41, 5.74) is -0.585. The van der Waals surface area contributed by atoms with Crippen molar-refractivity contribution in [2.24, 2.45) is 0 Å². The van der Waals surface area contributed by atoms with Crippen LogP contribution in [0.1, 0.15) is 25.3 Å². The van der Waals surface area contributed by atoms with Crippen molar-refractivity contribution in [3.8, 4) is 0 Å². The van der Waals surface area contributed by atoms with E-state index >= 15 is 0 Å². The van der Waals surface area contributed by atoms with Crippen LogP contribution in [0.3, 0.4) is 0 Å². The molecule has 78 valence electrons. The summed E-state index contributed by atoms with van der Waals surface area (Å²) in [6, 6.07) is 0. The maximum Gasteiger partial charge on any atom is 0.175 e. The lowest BCUT2D eigenvalue weighted by Crippen LogP contribution is -2.06. The Morgan fingerprint density at radius 2 is 1.21 bits per heavy atom. The van der Waals surface area contributed by atoms with Crippen molar-refractivity contribution in [2.45, 2.75) is 24.7 Å². The predicted molar refractivity (Wildman–Crippen MR) is 47.6 cm³/mol. The lowest BCUT2D eigenvalue weighted by Gasteiger charge is -2.11. The fourth-order valence-electron chi connectivity index (χ4n) is 1.14. The number of benzene rings is 1. The highest BCUT2D eigenvalue weighted by atomic mass is 32.1. The van der Waals surface area contributed by atoms with Crippen LogP contribution >= 0.6 is 12.6 Å². The molecule has 0 nitrogen and oxygen atoms in total. The summed E-state index contributed by atoms with van der Waals surface area (Å²) in [5.74, 6) is -6.27. The molecule has 0 atom stereocenters. The van der Waals surface area contributed by atoms with Gasteiger partial charge < -0.3 is 0 Å². The lowest BCUT2D eigenvalue weighted by atomic mass is 10.0. The Labute approximate surface area is 84.3 Å². The molecule has 1 rings (SSSR count). The van der Waals surface area contributed by atoms with Gasteiger partial charge in [0.2, 0.25) is 0 Å². The fourth-order valence-corrected chi connectivity index (χ4v) is 1.34. The third-order valence-corrected chi connectivity index (χ3v) is 2.24. The molecule has 1 aromatic rings. The van der Waals surface area contributed by atoms with Crippen LogP contribution in [0.25, 0.3) is 0 Å². The molecule has 5 heteroatoms. The fraction of sp³-hybridized carbons (Fsp3) is 0.333. The SMILES string of the molecule is CC(C)c1c(F)c(F)c(S)c(F)c1F. The van der Waals surface area contributed by atoms with E-state index in [1.807, 2.05) is 0 Å². The average molecular weight is 224 g/mol. The molecule has 0 heterocycles. The second-order valence-corrected chi connectivity index (χ2v) is 3.62. The molecule has 0 saturated carbocycles. The molecule has 0 aliphatic heterocycles. The maximum absolute atomic E-state index is 13.1. The van der Waals surface area contributed by atoms with Gasteiger partial charge in [-0.25, -0.2) is 17.6 Å². The Bertz CT molecular complexity index is 345. The number of thiol groups is 1. The summed E-state index contributed by atoms with van der Waals surface area (Å²) in [6.45, 7) is 2.89. The molecule has 0 fully saturated rings. The molecule has 0 radical (unpaired) electrons. The van der Waals surface area contributed by atoms with Crippen LogP contribution in [0, 0.1) is 23.3 Å². The van der Waals surface area contributed by atoms with Crippen molar-refractivity contribution in [2.75, 3.05) is 0 Å². The quantitative estimate of drug-likeness (QED) is 0.420. The smallest absolute Gasteiger partial charge is 0.175 e. The number of hydrogen-bond acceptors (Lipinski definition) is 1. The summed E-state index contributed by atoms with van der Waals surface area (Å²) < 4.78 is 52.1. The van der Waals surface area contributed by atoms with Gasteiger partial charge in [-0.2, -0.15) is 0 Å². The first-order valence-corrected chi connectivity index (χ1v) is 4.37. The first-order valence-electron chi connectivity index (χ1n) is 3.92. The lowest BCUT2D eigenvalue weighted by molar-refractivity contribution is 0.408. The van der Waals surface area contributed by atoms with E-state index in [1.54, 1.807) is 0 Å². The van der Waals surface area contributed by atoms with Gasteiger partial charge in [0.1, 0.15) is 0 Å². The summed E-state index contributed by atoms with van der Waals surface area (Å²) >= 11 is 3.34. The third kappa shape index (κ3) is 1.61. The van der Waals surface area contributed by atoms with E-state index in [0.717, 1.165) is 0 Å². The van der Waals surface area contributed by atoms with E-state index in [1.165, 1.54) is 13.8 Å². The topological polar surface area (TPSA) is 0 Å². The molecular weight excluding hydrogens is 216 g/mol. The standard InChI is InChI=1S/C9H8F4S/c1-3(2)4-5(10)7(12)9(14)8(13)6(4)11/h3,14H,1-2H3. The van der Waals surface area contributed by atoms with E-state index in [4.69, 9.17) is 0 Å². The van der Waals surface area contributed by atoms with Gasteiger partial charge in [-0.05, 0) is 5.92 Å². The zero-order chi connectivity index (χ0) is 11.0. The van der Waals surface area contributed by atoms with Gasteiger partial charge in [0.25, 0.3) is 0 Å². The molecule has 0 amide bonds. The van der Waals surface area contributed by atoms with Gasteiger partial charge in [-0.3, -0.25) is 0 Å². The van der Waals surface area contributed by atoms with Gasteiger partial charge in [0.05, 0.1) is 4.90 Å². The van der Waals surface area contributed by atoms with E-state index in [-0.39, 0.29) is 0 Å². The van der Waals surface area contributed by atoms with Gasteiger partial charge in [-0.15, -0.1) is 12.6 Å². The van der Waals surface area contributed by atoms with Crippen molar-refractivity contribution in [1.82, 2.24) is 0 Å². The molecule has 0 spiro atoms. The Morgan fingerprint density at radius 1 is 0.857 bits per heavy atom. The first-order chi connectivity index (χ1) is 6.37. The van der Waals surface area contributed by atoms with Gasteiger partial charge in [-0.1, -0.05) is 13.8 Å². The van der Waals surface area contributed by atoms with E-state index in [0.29, 0.717) is 0 Å². The molecule has 14 heavy (non-hydrogen) atoms. The second-order valence-electron chi connectivity index (χ2n) is 3.17. The van der Waals surface area contributed by atoms with Gasteiger partial charge in [0.15, 0.2) is 23.3 Å². The Balaban J connectivity index is 3.60. The highest BCUT2D eigenvalue weighted by Gasteiger charge is 2.24. The van der Waals surface area contributed by atoms with Crippen LogP contribution < -0.4 is 0 Å². The molecule has 0 aromatic heterocycles. The molecule has 0 aliphatic carbocycles. The van der Waals surface area contributed by atoms with Crippen molar-refractivity contribution in [3.63, 3.8) is 0 Å². The minimum Gasteiger partial charge on any atom is -0.203 e. The normalized spacial score (nSPS) is 11.1. The van der Waals surface area contributed by atoms with Crippen molar-refractivity contribution >= 4 is 12.6 Å². The van der Waals surface area contributed by atoms with Crippen LogP contribution in [0.2, 0.25) is 0 Å². The largest absolute Gasteiger partial charge is 0.203 e. The van der Waals surface area contributed by atoms with Gasteiger partial charge in [0, 0.05) is 5.56 Å². The highest BCUT2D eigenvalue weighted by Crippen LogP contribution is 2.30. The van der Waals surface area contributed by atoms with Crippen molar-refractivity contribution in [1.29, 1.82) is 0 Å². The second kappa shape index (κ2) is 3.81. The van der Waals surface area contributed by atoms with Crippen LogP contribution in [-0.2, 0) is 0 Å². The van der Waals surface area contributed by atoms with Gasteiger partial charge >= 0.3 is 0 Å². The van der Waals surface area contributed by atoms with Crippen molar-refractivity contribution < 1.29 is 17.6 Å². The molecule has 0 aliphatic rings. The Morgan fingerprint density at radius 3 is 1.50 bits per heavy atom. The zero-order valence-corrected chi connectivity index (χ0v) is 8.43. The molecule has 0 bridgehead atoms. The van der Waals surface area contributed by atoms with Crippen molar-refractivity contribution in [3.05, 3.63) is 28.8 Å². The molecule has 0 N–H and O–H groups in total. The first kappa shape index (κ1) is 11.4. The zero-order valence-electron chi connectivity index (χ0n) is 7.54. The molecule has 1 aromatic carbocycles. The summed E-state index contributed by atoms with van der Waals surface area (Å²) in [6.07, 6.45) is 0. The van der Waals surface area contributed by atoms with Crippen LogP contribution in [0.15, 0.2) is 4.90 Å². The van der Waals surface area contributed by atoms with Crippen LogP contribution in [0.4, 0.5) is 17.6 Å². The Kier molecular flexibility index (Phi) is 3.09. The number of rotatable bonds is 1. The minimum absolute atomic E-state index is 0.585. The summed E-state index contributed by atoms with van der Waals surface area (Å²) in [7, 11) is 0. The number of halogens is 4. The molecule has 0 unspecified atom stereocenters. The third-order valence-electron chi connectivity index (χ3n) is 1.85. The summed E-state index contributed by atoms with van der Waals surface area (Å²) in [4.78, 5) is -0.926. The van der Waals surface area contributed by atoms with E-state index in [2.05, 4.69) is 12.6 Å².